The highest BCUT2D eigenvalue weighted by Gasteiger charge is 2.29. The summed E-state index contributed by atoms with van der Waals surface area (Å²) >= 11 is 0. The predicted molar refractivity (Wildman–Crippen MR) is 74.5 cm³/mol. The maximum Gasteiger partial charge on any atom is 0.246 e. The molecule has 0 radical (unpaired) electrons. The lowest BCUT2D eigenvalue weighted by Gasteiger charge is -2.31. The molecule has 0 spiro atoms. The second kappa shape index (κ2) is 6.73. The van der Waals surface area contributed by atoms with E-state index >= 15 is 0 Å². The molecule has 1 atom stereocenters. The molecule has 1 aliphatic carbocycles. The predicted octanol–water partition coefficient (Wildman–Crippen LogP) is 1.72. The summed E-state index contributed by atoms with van der Waals surface area (Å²) in [7, 11) is 0. The number of carbonyl (C=O) groups is 2. The van der Waals surface area contributed by atoms with Crippen LogP contribution in [0.1, 0.15) is 39.0 Å². The maximum atomic E-state index is 12.0. The average molecular weight is 264 g/mol. The fraction of sp³-hybridized carbons (Fsp3) is 0.733. The van der Waals surface area contributed by atoms with Gasteiger partial charge in [0, 0.05) is 19.6 Å². The number of likely N-dealkylation sites (tertiary alicyclic amines) is 1. The second-order valence-corrected chi connectivity index (χ2v) is 5.62. The van der Waals surface area contributed by atoms with Crippen molar-refractivity contribution in [3.63, 3.8) is 0 Å². The highest BCUT2D eigenvalue weighted by Crippen LogP contribution is 2.27. The van der Waals surface area contributed by atoms with Crippen LogP contribution in [0.5, 0.6) is 0 Å². The summed E-state index contributed by atoms with van der Waals surface area (Å²) in [6, 6.07) is 0. The number of carbonyl (C=O) groups excluding carboxylic acids is 2. The molecule has 0 unspecified atom stereocenters. The number of hydrogen-bond donors (Lipinski definition) is 1. The van der Waals surface area contributed by atoms with E-state index in [0.29, 0.717) is 12.5 Å². The fourth-order valence-electron chi connectivity index (χ4n) is 2.43. The van der Waals surface area contributed by atoms with E-state index in [2.05, 4.69) is 5.32 Å². The van der Waals surface area contributed by atoms with E-state index in [0.717, 1.165) is 32.4 Å². The van der Waals surface area contributed by atoms with Gasteiger partial charge in [0.1, 0.15) is 0 Å². The largest absolute Gasteiger partial charge is 0.356 e. The Hall–Kier alpha value is -1.32. The molecule has 0 aromatic heterocycles. The number of piperidine rings is 1. The Morgan fingerprint density at radius 3 is 2.79 bits per heavy atom. The number of nitrogens with zero attached hydrogens (tertiary/aromatic N) is 1. The van der Waals surface area contributed by atoms with E-state index in [9.17, 15) is 9.59 Å². The van der Waals surface area contributed by atoms with E-state index in [1.54, 1.807) is 11.0 Å². The molecule has 1 saturated carbocycles. The lowest BCUT2D eigenvalue weighted by molar-refractivity contribution is -0.132. The third-order valence-corrected chi connectivity index (χ3v) is 3.86. The van der Waals surface area contributed by atoms with Crippen LogP contribution in [0.25, 0.3) is 0 Å². The first kappa shape index (κ1) is 14.1. The third-order valence-electron chi connectivity index (χ3n) is 3.86. The van der Waals surface area contributed by atoms with Crippen molar-refractivity contribution >= 4 is 11.8 Å². The van der Waals surface area contributed by atoms with Crippen LogP contribution >= 0.6 is 0 Å². The quantitative estimate of drug-likeness (QED) is 0.769. The SMILES string of the molecule is CC/C=C/C(=O)N1CCC[C@H](C(=O)NCC2CC2)C1. The number of nitrogens with one attached hydrogen (secondary N) is 1. The van der Waals surface area contributed by atoms with E-state index < -0.39 is 0 Å². The standard InChI is InChI=1S/C15H24N2O2/c1-2-3-6-14(18)17-9-4-5-13(11-17)15(19)16-10-12-7-8-12/h3,6,12-13H,2,4-5,7-11H2,1H3,(H,16,19)/b6-3+/t13-/m0/s1. The summed E-state index contributed by atoms with van der Waals surface area (Å²) in [5.41, 5.74) is 0. The second-order valence-electron chi connectivity index (χ2n) is 5.62. The molecule has 2 amide bonds. The molecule has 19 heavy (non-hydrogen) atoms. The number of rotatable bonds is 5. The maximum absolute atomic E-state index is 12.0. The smallest absolute Gasteiger partial charge is 0.246 e. The minimum Gasteiger partial charge on any atom is -0.356 e. The summed E-state index contributed by atoms with van der Waals surface area (Å²) in [6.07, 6.45) is 8.69. The Balaban J connectivity index is 1.79. The molecule has 0 bridgehead atoms. The minimum atomic E-state index is -0.0218. The lowest BCUT2D eigenvalue weighted by atomic mass is 9.97. The summed E-state index contributed by atoms with van der Waals surface area (Å²) in [5, 5.41) is 3.02. The summed E-state index contributed by atoms with van der Waals surface area (Å²) in [5.74, 6) is 0.856. The zero-order chi connectivity index (χ0) is 13.7. The van der Waals surface area contributed by atoms with Crippen molar-refractivity contribution in [3.05, 3.63) is 12.2 Å². The first-order chi connectivity index (χ1) is 9.20. The summed E-state index contributed by atoms with van der Waals surface area (Å²) < 4.78 is 0. The molecule has 0 aromatic carbocycles. The lowest BCUT2D eigenvalue weighted by Crippen LogP contribution is -2.45. The highest BCUT2D eigenvalue weighted by atomic mass is 16.2. The molecule has 1 heterocycles. The molecule has 1 N–H and O–H groups in total. The molecule has 4 nitrogen and oxygen atoms in total. The number of hydrogen-bond acceptors (Lipinski definition) is 2. The summed E-state index contributed by atoms with van der Waals surface area (Å²) in [6.45, 7) is 4.18. The Morgan fingerprint density at radius 2 is 2.11 bits per heavy atom. The Kier molecular flexibility index (Phi) is 5.00. The normalized spacial score (nSPS) is 23.6. The monoisotopic (exact) mass is 264 g/mol. The van der Waals surface area contributed by atoms with Gasteiger partial charge in [-0.25, -0.2) is 0 Å². The fourth-order valence-corrected chi connectivity index (χ4v) is 2.43. The highest BCUT2D eigenvalue weighted by molar-refractivity contribution is 5.88. The third kappa shape index (κ3) is 4.37. The zero-order valence-corrected chi connectivity index (χ0v) is 11.7. The van der Waals surface area contributed by atoms with Gasteiger partial charge in [-0.05, 0) is 44.1 Å². The molecular weight excluding hydrogens is 240 g/mol. The number of allylic oxidation sites excluding steroid dienone is 1. The van der Waals surface area contributed by atoms with E-state index in [4.69, 9.17) is 0 Å². The van der Waals surface area contributed by atoms with Gasteiger partial charge in [0.15, 0.2) is 0 Å². The molecule has 1 saturated heterocycles. The van der Waals surface area contributed by atoms with Crippen molar-refractivity contribution < 1.29 is 9.59 Å². The minimum absolute atomic E-state index is 0.0218. The van der Waals surface area contributed by atoms with Crippen molar-refractivity contribution in [1.29, 1.82) is 0 Å². The Morgan fingerprint density at radius 1 is 1.32 bits per heavy atom. The topological polar surface area (TPSA) is 49.4 Å². The van der Waals surface area contributed by atoms with Crippen molar-refractivity contribution in [2.75, 3.05) is 19.6 Å². The van der Waals surface area contributed by atoms with Gasteiger partial charge in [0.2, 0.25) is 11.8 Å². The van der Waals surface area contributed by atoms with E-state index in [-0.39, 0.29) is 17.7 Å². The van der Waals surface area contributed by atoms with Gasteiger partial charge in [-0.3, -0.25) is 9.59 Å². The van der Waals surface area contributed by atoms with Crippen LogP contribution < -0.4 is 5.32 Å². The molecule has 2 aliphatic rings. The van der Waals surface area contributed by atoms with E-state index in [1.807, 2.05) is 13.0 Å². The Bertz CT molecular complexity index is 361. The molecule has 2 fully saturated rings. The van der Waals surface area contributed by atoms with E-state index in [1.165, 1.54) is 12.8 Å². The van der Waals surface area contributed by atoms with Gasteiger partial charge in [0.05, 0.1) is 5.92 Å². The first-order valence-electron chi connectivity index (χ1n) is 7.44. The van der Waals surface area contributed by atoms with Crippen molar-refractivity contribution in [2.24, 2.45) is 11.8 Å². The van der Waals surface area contributed by atoms with Gasteiger partial charge in [-0.2, -0.15) is 0 Å². The molecule has 4 heteroatoms. The van der Waals surface area contributed by atoms with Gasteiger partial charge in [-0.15, -0.1) is 0 Å². The molecule has 2 rings (SSSR count). The summed E-state index contributed by atoms with van der Waals surface area (Å²) in [4.78, 5) is 25.8. The van der Waals surface area contributed by atoms with Gasteiger partial charge in [-0.1, -0.05) is 13.0 Å². The van der Waals surface area contributed by atoms with Crippen LogP contribution in [-0.4, -0.2) is 36.3 Å². The van der Waals surface area contributed by atoms with Crippen molar-refractivity contribution in [2.45, 2.75) is 39.0 Å². The average Bonchev–Trinajstić information content (AvgIpc) is 3.26. The van der Waals surface area contributed by atoms with Gasteiger partial charge < -0.3 is 10.2 Å². The van der Waals surface area contributed by atoms with Crippen molar-refractivity contribution in [3.8, 4) is 0 Å². The van der Waals surface area contributed by atoms with Crippen LogP contribution in [0.4, 0.5) is 0 Å². The zero-order valence-electron chi connectivity index (χ0n) is 11.7. The Labute approximate surface area is 115 Å². The van der Waals surface area contributed by atoms with Gasteiger partial charge >= 0.3 is 0 Å². The van der Waals surface area contributed by atoms with Crippen LogP contribution in [0.15, 0.2) is 12.2 Å². The van der Waals surface area contributed by atoms with Crippen molar-refractivity contribution in [1.82, 2.24) is 10.2 Å². The van der Waals surface area contributed by atoms with Crippen LogP contribution in [0, 0.1) is 11.8 Å². The molecular formula is C15H24N2O2. The number of amides is 2. The van der Waals surface area contributed by atoms with Crippen LogP contribution in [-0.2, 0) is 9.59 Å². The molecule has 106 valence electrons. The van der Waals surface area contributed by atoms with Crippen LogP contribution in [0.2, 0.25) is 0 Å². The molecule has 1 aliphatic heterocycles. The first-order valence-corrected chi connectivity index (χ1v) is 7.44. The molecule has 0 aromatic rings. The van der Waals surface area contributed by atoms with Crippen LogP contribution in [0.3, 0.4) is 0 Å². The van der Waals surface area contributed by atoms with Gasteiger partial charge in [0.25, 0.3) is 0 Å².